The molecule has 0 aliphatic heterocycles. The zero-order valence-electron chi connectivity index (χ0n) is 15.1. The standard InChI is InChI=1S/C21H26N4O/c26-21(14-11-17-7-3-1-4-8-17)23-20-13-12-19(24-25-20)22-16-15-18-9-5-2-6-10-18/h1,3-4,7-9,12-13H,2,5-6,10-11,14-16H2,(H,22,24)(H,23,25,26). The van der Waals surface area contributed by atoms with Crippen LogP contribution in [-0.2, 0) is 11.2 Å². The summed E-state index contributed by atoms with van der Waals surface area (Å²) in [4.78, 5) is 12.0. The molecule has 5 heteroatoms. The Hall–Kier alpha value is -2.69. The van der Waals surface area contributed by atoms with Gasteiger partial charge in [-0.2, -0.15) is 0 Å². The molecule has 5 nitrogen and oxygen atoms in total. The van der Waals surface area contributed by atoms with E-state index in [4.69, 9.17) is 0 Å². The summed E-state index contributed by atoms with van der Waals surface area (Å²) < 4.78 is 0. The Kier molecular flexibility index (Phi) is 6.76. The van der Waals surface area contributed by atoms with Crippen molar-refractivity contribution >= 4 is 17.5 Å². The van der Waals surface area contributed by atoms with Gasteiger partial charge in [0.05, 0.1) is 0 Å². The second-order valence-electron chi connectivity index (χ2n) is 6.62. The number of rotatable bonds is 8. The maximum absolute atomic E-state index is 12.0. The van der Waals surface area contributed by atoms with E-state index in [1.807, 2.05) is 36.4 Å². The topological polar surface area (TPSA) is 66.9 Å². The van der Waals surface area contributed by atoms with Crippen molar-refractivity contribution in [3.05, 3.63) is 59.7 Å². The van der Waals surface area contributed by atoms with Crippen LogP contribution in [0.5, 0.6) is 0 Å². The maximum Gasteiger partial charge on any atom is 0.225 e. The SMILES string of the molecule is O=C(CCc1ccccc1)Nc1ccc(NCCC2=CCCCC2)nn1. The smallest absolute Gasteiger partial charge is 0.225 e. The molecule has 0 radical (unpaired) electrons. The highest BCUT2D eigenvalue weighted by atomic mass is 16.1. The van der Waals surface area contributed by atoms with Crippen molar-refractivity contribution in [3.63, 3.8) is 0 Å². The van der Waals surface area contributed by atoms with Crippen molar-refractivity contribution in [1.82, 2.24) is 10.2 Å². The van der Waals surface area contributed by atoms with Crippen molar-refractivity contribution in [2.24, 2.45) is 0 Å². The lowest BCUT2D eigenvalue weighted by molar-refractivity contribution is -0.116. The van der Waals surface area contributed by atoms with E-state index in [9.17, 15) is 4.79 Å². The van der Waals surface area contributed by atoms with E-state index < -0.39 is 0 Å². The number of hydrogen-bond acceptors (Lipinski definition) is 4. The Labute approximate surface area is 154 Å². The van der Waals surface area contributed by atoms with Gasteiger partial charge >= 0.3 is 0 Å². The fourth-order valence-corrected chi connectivity index (χ4v) is 3.08. The van der Waals surface area contributed by atoms with E-state index in [-0.39, 0.29) is 5.91 Å². The summed E-state index contributed by atoms with van der Waals surface area (Å²) in [7, 11) is 0. The summed E-state index contributed by atoms with van der Waals surface area (Å²) in [5, 5.41) is 14.3. The third-order valence-corrected chi connectivity index (χ3v) is 4.55. The van der Waals surface area contributed by atoms with Crippen LogP contribution < -0.4 is 10.6 Å². The minimum atomic E-state index is -0.0481. The molecule has 0 bridgehead atoms. The lowest BCUT2D eigenvalue weighted by atomic mass is 9.97. The summed E-state index contributed by atoms with van der Waals surface area (Å²) >= 11 is 0. The molecule has 1 aliphatic rings. The van der Waals surface area contributed by atoms with Crippen molar-refractivity contribution in [1.29, 1.82) is 0 Å². The van der Waals surface area contributed by atoms with Crippen molar-refractivity contribution in [3.8, 4) is 0 Å². The molecule has 1 aliphatic carbocycles. The third-order valence-electron chi connectivity index (χ3n) is 4.55. The first-order chi connectivity index (χ1) is 12.8. The highest BCUT2D eigenvalue weighted by Crippen LogP contribution is 2.20. The fourth-order valence-electron chi connectivity index (χ4n) is 3.08. The summed E-state index contributed by atoms with van der Waals surface area (Å²) in [6.45, 7) is 0.864. The van der Waals surface area contributed by atoms with Crippen molar-refractivity contribution in [2.75, 3.05) is 17.2 Å². The predicted molar refractivity (Wildman–Crippen MR) is 105 cm³/mol. The fraction of sp³-hybridized carbons (Fsp3) is 0.381. The average molecular weight is 350 g/mol. The zero-order valence-corrected chi connectivity index (χ0v) is 15.1. The Morgan fingerprint density at radius 2 is 1.77 bits per heavy atom. The first kappa shape index (κ1) is 18.1. The first-order valence-electron chi connectivity index (χ1n) is 9.39. The number of carbonyl (C=O) groups is 1. The molecule has 0 unspecified atom stereocenters. The summed E-state index contributed by atoms with van der Waals surface area (Å²) in [5.74, 6) is 1.18. The molecule has 26 heavy (non-hydrogen) atoms. The van der Waals surface area contributed by atoms with Crippen LogP contribution >= 0.6 is 0 Å². The molecule has 0 saturated heterocycles. The van der Waals surface area contributed by atoms with Gasteiger partial charge in [0.1, 0.15) is 5.82 Å². The number of benzene rings is 1. The second-order valence-corrected chi connectivity index (χ2v) is 6.62. The normalized spacial score (nSPS) is 13.8. The lowest BCUT2D eigenvalue weighted by Crippen LogP contribution is -2.14. The van der Waals surface area contributed by atoms with Crippen molar-refractivity contribution < 1.29 is 4.79 Å². The number of amides is 1. The van der Waals surface area contributed by atoms with Gasteiger partial charge in [-0.15, -0.1) is 10.2 Å². The average Bonchev–Trinajstić information content (AvgIpc) is 2.69. The van der Waals surface area contributed by atoms with Gasteiger partial charge in [0.25, 0.3) is 0 Å². The van der Waals surface area contributed by atoms with E-state index in [0.717, 1.165) is 30.8 Å². The van der Waals surface area contributed by atoms with Crippen LogP contribution in [0.15, 0.2) is 54.1 Å². The molecule has 1 amide bonds. The zero-order chi connectivity index (χ0) is 18.0. The van der Waals surface area contributed by atoms with Crippen LogP contribution in [0.25, 0.3) is 0 Å². The van der Waals surface area contributed by atoms with E-state index in [1.54, 1.807) is 11.6 Å². The van der Waals surface area contributed by atoms with E-state index in [1.165, 1.54) is 25.7 Å². The highest BCUT2D eigenvalue weighted by Gasteiger charge is 2.06. The van der Waals surface area contributed by atoms with Crippen molar-refractivity contribution in [2.45, 2.75) is 44.9 Å². The number of aryl methyl sites for hydroxylation is 1. The molecule has 136 valence electrons. The minimum absolute atomic E-state index is 0.0481. The Balaban J connectivity index is 1.39. The number of nitrogens with one attached hydrogen (secondary N) is 2. The number of carbonyl (C=O) groups excluding carboxylic acids is 1. The predicted octanol–water partition coefficient (Wildman–Crippen LogP) is 4.35. The molecular weight excluding hydrogens is 324 g/mol. The maximum atomic E-state index is 12.0. The molecule has 1 aromatic heterocycles. The minimum Gasteiger partial charge on any atom is -0.368 e. The molecule has 0 atom stereocenters. The van der Waals surface area contributed by atoms with Crippen LogP contribution in [0.4, 0.5) is 11.6 Å². The first-order valence-corrected chi connectivity index (χ1v) is 9.39. The Morgan fingerprint density at radius 3 is 2.50 bits per heavy atom. The van der Waals surface area contributed by atoms with Gasteiger partial charge < -0.3 is 10.6 Å². The van der Waals surface area contributed by atoms with E-state index >= 15 is 0 Å². The largest absolute Gasteiger partial charge is 0.368 e. The lowest BCUT2D eigenvalue weighted by Gasteiger charge is -2.13. The van der Waals surface area contributed by atoms with Gasteiger partial charge in [0.2, 0.25) is 5.91 Å². The molecule has 0 fully saturated rings. The van der Waals surface area contributed by atoms with Gasteiger partial charge in [-0.1, -0.05) is 42.0 Å². The number of anilines is 2. The Bertz CT molecular complexity index is 725. The second kappa shape index (κ2) is 9.70. The molecule has 3 rings (SSSR count). The number of nitrogens with zero attached hydrogens (tertiary/aromatic N) is 2. The van der Waals surface area contributed by atoms with Gasteiger partial charge in [0, 0.05) is 13.0 Å². The molecular formula is C21H26N4O. The molecule has 1 aromatic carbocycles. The molecule has 0 spiro atoms. The molecule has 2 N–H and O–H groups in total. The molecule has 2 aromatic rings. The summed E-state index contributed by atoms with van der Waals surface area (Å²) in [5.41, 5.74) is 2.69. The number of allylic oxidation sites excluding steroid dienone is 1. The van der Waals surface area contributed by atoms with E-state index in [2.05, 4.69) is 26.9 Å². The highest BCUT2D eigenvalue weighted by molar-refractivity contribution is 5.89. The van der Waals surface area contributed by atoms with Crippen LogP contribution in [0.3, 0.4) is 0 Å². The number of hydrogen-bond donors (Lipinski definition) is 2. The molecule has 1 heterocycles. The summed E-state index contributed by atoms with van der Waals surface area (Å²) in [6.07, 6.45) is 9.64. The molecule has 0 saturated carbocycles. The Morgan fingerprint density at radius 1 is 0.962 bits per heavy atom. The van der Waals surface area contributed by atoms with Gasteiger partial charge in [-0.05, 0) is 56.2 Å². The van der Waals surface area contributed by atoms with Crippen LogP contribution in [-0.4, -0.2) is 22.6 Å². The van der Waals surface area contributed by atoms with Crippen LogP contribution in [0.2, 0.25) is 0 Å². The van der Waals surface area contributed by atoms with E-state index in [0.29, 0.717) is 12.2 Å². The van der Waals surface area contributed by atoms with Crippen LogP contribution in [0.1, 0.15) is 44.1 Å². The quantitative estimate of drug-likeness (QED) is 0.695. The third kappa shape index (κ3) is 5.99. The van der Waals surface area contributed by atoms with Gasteiger partial charge in [-0.25, -0.2) is 0 Å². The van der Waals surface area contributed by atoms with Gasteiger partial charge in [-0.3, -0.25) is 4.79 Å². The summed E-state index contributed by atoms with van der Waals surface area (Å²) in [6, 6.07) is 13.6. The number of aromatic nitrogens is 2. The van der Waals surface area contributed by atoms with Gasteiger partial charge in [0.15, 0.2) is 5.82 Å². The monoisotopic (exact) mass is 350 g/mol. The van der Waals surface area contributed by atoms with Crippen LogP contribution in [0, 0.1) is 0 Å².